The quantitative estimate of drug-likeness (QED) is 0.415. The molecule has 0 amide bonds. The van der Waals surface area contributed by atoms with Crippen LogP contribution in [-0.4, -0.2) is 42.2 Å². The van der Waals surface area contributed by atoms with Crippen LogP contribution in [0.2, 0.25) is 0 Å². The number of hydrogen-bond acceptors (Lipinski definition) is 0. The highest BCUT2D eigenvalue weighted by Gasteiger charge is 3.00. The summed E-state index contributed by atoms with van der Waals surface area (Å²) in [7, 11) is 0. The van der Waals surface area contributed by atoms with Crippen LogP contribution >= 0.6 is 0 Å². The van der Waals surface area contributed by atoms with Crippen molar-refractivity contribution in [3.05, 3.63) is 11.4 Å². The van der Waals surface area contributed by atoms with Gasteiger partial charge in [0.05, 0.1) is 5.57 Å². The van der Waals surface area contributed by atoms with Crippen molar-refractivity contribution in [3.63, 3.8) is 0 Å². The van der Waals surface area contributed by atoms with Gasteiger partial charge in [0, 0.05) is 0 Å². The van der Waals surface area contributed by atoms with Gasteiger partial charge in [0.2, 0.25) is 5.41 Å². The van der Waals surface area contributed by atoms with E-state index in [9.17, 15) is 79.0 Å². The van der Waals surface area contributed by atoms with E-state index in [1.165, 1.54) is 0 Å². The molecular weight excluding hydrogens is 462 g/mol. The van der Waals surface area contributed by atoms with Crippen LogP contribution in [0.5, 0.6) is 0 Å². The van der Waals surface area contributed by atoms with Gasteiger partial charge in [-0.2, -0.15) is 70.2 Å². The van der Waals surface area contributed by atoms with Crippen molar-refractivity contribution in [1.82, 2.24) is 0 Å². The molecule has 0 nitrogen and oxygen atoms in total. The first-order chi connectivity index (χ1) is 11.8. The second-order valence-corrected chi connectivity index (χ2v) is 5.24. The topological polar surface area (TPSA) is 0 Å². The van der Waals surface area contributed by atoms with Gasteiger partial charge in [-0.05, 0) is 0 Å². The molecule has 0 aromatic carbocycles. The van der Waals surface area contributed by atoms with E-state index >= 15 is 0 Å². The van der Waals surface area contributed by atoms with Gasteiger partial charge in [-0.1, -0.05) is 0 Å². The highest BCUT2D eigenvalue weighted by Crippen LogP contribution is 2.76. The van der Waals surface area contributed by atoms with Crippen molar-refractivity contribution in [2.45, 2.75) is 42.2 Å². The van der Waals surface area contributed by atoms with Gasteiger partial charge in [-0.25, -0.2) is 8.78 Å². The predicted molar refractivity (Wildman–Crippen MR) is 48.5 cm³/mol. The van der Waals surface area contributed by atoms with Crippen LogP contribution in [-0.2, 0) is 0 Å². The summed E-state index contributed by atoms with van der Waals surface area (Å²) in [6.07, 6.45) is -33.4. The summed E-state index contributed by atoms with van der Waals surface area (Å²) >= 11 is 0. The summed E-state index contributed by atoms with van der Waals surface area (Å²) in [5, 5.41) is 0. The zero-order valence-electron chi connectivity index (χ0n) is 11.8. The lowest BCUT2D eigenvalue weighted by Crippen LogP contribution is -2.78. The fourth-order valence-electron chi connectivity index (χ4n) is 2.52. The minimum absolute atomic E-state index is 4.64. The van der Waals surface area contributed by atoms with Crippen LogP contribution in [0.1, 0.15) is 0 Å². The van der Waals surface area contributed by atoms with Crippen LogP contribution in [0.4, 0.5) is 79.0 Å². The molecule has 1 aliphatic carbocycles. The van der Waals surface area contributed by atoms with Crippen molar-refractivity contribution in [2.24, 2.45) is 5.41 Å². The average Bonchev–Trinajstić information content (AvgIpc) is 2.37. The van der Waals surface area contributed by atoms with E-state index in [1.807, 2.05) is 0 Å². The summed E-state index contributed by atoms with van der Waals surface area (Å²) < 4.78 is 232. The van der Waals surface area contributed by atoms with Crippen LogP contribution < -0.4 is 0 Å². The molecule has 0 aromatic rings. The number of rotatable bonds is 2. The molecule has 166 valence electrons. The smallest absolute Gasteiger partial charge is 0.222 e. The Hall–Kier alpha value is -1.52. The largest absolute Gasteiger partial charge is 0.433 e. The maximum Gasteiger partial charge on any atom is 0.433 e. The van der Waals surface area contributed by atoms with Gasteiger partial charge in [0.25, 0.3) is 0 Å². The molecule has 28 heavy (non-hydrogen) atoms. The molecule has 0 N–H and O–H groups in total. The Bertz CT molecular complexity index is 634. The van der Waals surface area contributed by atoms with Gasteiger partial charge in [0.15, 0.2) is 5.83 Å². The minimum atomic E-state index is -8.73. The lowest BCUT2D eigenvalue weighted by Gasteiger charge is -2.53. The van der Waals surface area contributed by atoms with Gasteiger partial charge in [0.1, 0.15) is 0 Å². The first kappa shape index (κ1) is 24.5. The molecule has 0 unspecified atom stereocenters. The maximum atomic E-state index is 13.9. The monoisotopic (exact) mass is 462 g/mol. The highest BCUT2D eigenvalue weighted by atomic mass is 19.4. The second kappa shape index (κ2) is 5.54. The Morgan fingerprint density at radius 2 is 0.750 bits per heavy atom. The third-order valence-electron chi connectivity index (χ3n) is 3.73. The summed E-state index contributed by atoms with van der Waals surface area (Å²) in [5.41, 5.74) is -22.3. The number of alkyl halides is 17. The first-order valence-electron chi connectivity index (χ1n) is 5.90. The fraction of sp³-hybridized carbons (Fsp3) is 0.800. The Morgan fingerprint density at radius 3 is 0.929 bits per heavy atom. The first-order valence-corrected chi connectivity index (χ1v) is 5.90. The van der Waals surface area contributed by atoms with Crippen molar-refractivity contribution in [1.29, 1.82) is 0 Å². The molecule has 0 aromatic heterocycles. The Balaban J connectivity index is 4.42. The summed E-state index contributed by atoms with van der Waals surface area (Å²) in [6.45, 7) is 0. The van der Waals surface area contributed by atoms with E-state index in [2.05, 4.69) is 0 Å². The Morgan fingerprint density at radius 1 is 0.464 bits per heavy atom. The van der Waals surface area contributed by atoms with E-state index in [-0.39, 0.29) is 0 Å². The van der Waals surface area contributed by atoms with Gasteiger partial charge in [-0.3, -0.25) is 0 Å². The van der Waals surface area contributed by atoms with Crippen LogP contribution in [0.25, 0.3) is 0 Å². The molecule has 0 bridgehead atoms. The minimum Gasteiger partial charge on any atom is -0.222 e. The number of halogens is 18. The Kier molecular flexibility index (Phi) is 4.85. The summed E-state index contributed by atoms with van der Waals surface area (Å²) in [4.78, 5) is 0. The molecule has 0 saturated heterocycles. The number of hydrogen-bond donors (Lipinski definition) is 0. The van der Waals surface area contributed by atoms with E-state index in [0.717, 1.165) is 0 Å². The molecular formula is C10F18. The molecule has 0 spiro atoms. The summed E-state index contributed by atoms with van der Waals surface area (Å²) in [6, 6.07) is 0. The maximum absolute atomic E-state index is 13.9. The normalized spacial score (nSPS) is 21.6. The van der Waals surface area contributed by atoms with Gasteiger partial charge < -0.3 is 0 Å². The van der Waals surface area contributed by atoms with Crippen molar-refractivity contribution in [3.8, 4) is 0 Å². The molecule has 1 rings (SSSR count). The van der Waals surface area contributed by atoms with E-state index in [0.29, 0.717) is 0 Å². The lowest BCUT2D eigenvalue weighted by molar-refractivity contribution is -0.463. The number of allylic oxidation sites excluding steroid dienone is 2. The van der Waals surface area contributed by atoms with Gasteiger partial charge >= 0.3 is 42.2 Å². The van der Waals surface area contributed by atoms with Crippen molar-refractivity contribution < 1.29 is 79.0 Å². The van der Waals surface area contributed by atoms with Crippen molar-refractivity contribution >= 4 is 0 Å². The van der Waals surface area contributed by atoms with Crippen LogP contribution in [0, 0.1) is 5.41 Å². The molecule has 0 heterocycles. The molecule has 0 saturated carbocycles. The van der Waals surface area contributed by atoms with E-state index in [1.54, 1.807) is 0 Å². The Labute approximate surface area is 139 Å². The van der Waals surface area contributed by atoms with Crippen LogP contribution in [0.15, 0.2) is 11.4 Å². The van der Waals surface area contributed by atoms with E-state index < -0.39 is 59.0 Å². The zero-order valence-corrected chi connectivity index (χ0v) is 11.8. The van der Waals surface area contributed by atoms with Crippen molar-refractivity contribution in [2.75, 3.05) is 0 Å². The molecule has 0 radical (unpaired) electrons. The predicted octanol–water partition coefficient (Wildman–Crippen LogP) is 6.44. The molecule has 0 fully saturated rings. The zero-order chi connectivity index (χ0) is 23.2. The third kappa shape index (κ3) is 2.43. The van der Waals surface area contributed by atoms with Gasteiger partial charge in [-0.15, -0.1) is 0 Å². The third-order valence-corrected chi connectivity index (χ3v) is 3.73. The fourth-order valence-corrected chi connectivity index (χ4v) is 2.52. The van der Waals surface area contributed by atoms with E-state index in [4.69, 9.17) is 0 Å². The SMILES string of the molecule is FC1=C(C(C(F)(F)F)(C(F)(F)F)C(F)(C(F)(F)F)C(F)(F)F)C(F)(F)C1(F)F. The summed E-state index contributed by atoms with van der Waals surface area (Å²) in [5.74, 6) is -18.5. The molecule has 0 aliphatic heterocycles. The standard InChI is InChI=1S/C10F18/c11-2-1(4(12,13)5(2,14)15)3(7(17,18)19,8(20,21)22)6(16,9(23,24)25)10(26,27)28. The van der Waals surface area contributed by atoms with Crippen LogP contribution in [0.3, 0.4) is 0 Å². The average molecular weight is 462 g/mol. The molecule has 0 atom stereocenters. The molecule has 1 aliphatic rings. The lowest BCUT2D eigenvalue weighted by atomic mass is 9.59. The second-order valence-electron chi connectivity index (χ2n) is 5.24. The highest BCUT2D eigenvalue weighted by molar-refractivity contribution is 5.49. The molecule has 18 heteroatoms.